The van der Waals surface area contributed by atoms with Crippen molar-refractivity contribution in [2.75, 3.05) is 0 Å². The summed E-state index contributed by atoms with van der Waals surface area (Å²) in [4.78, 5) is 1.42. The first kappa shape index (κ1) is 7.55. The fourth-order valence-corrected chi connectivity index (χ4v) is 3.17. The second kappa shape index (κ2) is 2.75. The van der Waals surface area contributed by atoms with Gasteiger partial charge in [-0.05, 0) is 46.3 Å². The lowest BCUT2D eigenvalue weighted by Gasteiger charge is -1.93. The molecule has 0 aliphatic carbocycles. The zero-order valence-electron chi connectivity index (χ0n) is 6.10. The summed E-state index contributed by atoms with van der Waals surface area (Å²) >= 11 is 4.21. The van der Waals surface area contributed by atoms with Crippen molar-refractivity contribution >= 4 is 44.7 Å². The third-order valence-corrected chi connectivity index (χ3v) is 3.59. The Kier molecular flexibility index (Phi) is 1.89. The van der Waals surface area contributed by atoms with Crippen LogP contribution >= 0.6 is 33.9 Å². The molecule has 0 amide bonds. The topological polar surface area (TPSA) is 0 Å². The van der Waals surface area contributed by atoms with E-state index in [1.807, 2.05) is 11.3 Å². The molecular weight excluding hydrogens is 267 g/mol. The first-order valence-corrected chi connectivity index (χ1v) is 5.37. The van der Waals surface area contributed by atoms with Crippen LogP contribution in [0.25, 0.3) is 10.8 Å². The van der Waals surface area contributed by atoms with Gasteiger partial charge in [0.2, 0.25) is 0 Å². The first-order chi connectivity index (χ1) is 5.29. The minimum Gasteiger partial charge on any atom is -0.148 e. The van der Waals surface area contributed by atoms with E-state index >= 15 is 0 Å². The van der Waals surface area contributed by atoms with E-state index in [0.717, 1.165) is 0 Å². The summed E-state index contributed by atoms with van der Waals surface area (Å²) in [6, 6.07) is 6.43. The zero-order valence-corrected chi connectivity index (χ0v) is 9.07. The van der Waals surface area contributed by atoms with Gasteiger partial charge >= 0.3 is 0 Å². The minimum atomic E-state index is 1.36. The van der Waals surface area contributed by atoms with E-state index in [1.54, 1.807) is 0 Å². The highest BCUT2D eigenvalue weighted by Gasteiger charge is 2.01. The van der Waals surface area contributed by atoms with Crippen LogP contribution in [0, 0.1) is 10.5 Å². The molecule has 0 saturated heterocycles. The molecule has 0 saturated carbocycles. The van der Waals surface area contributed by atoms with Gasteiger partial charge < -0.3 is 0 Å². The van der Waals surface area contributed by atoms with Gasteiger partial charge in [0, 0.05) is 13.8 Å². The van der Waals surface area contributed by atoms with Gasteiger partial charge in [-0.1, -0.05) is 12.1 Å². The van der Waals surface area contributed by atoms with Crippen LogP contribution in [-0.2, 0) is 0 Å². The minimum absolute atomic E-state index is 1.36. The number of thiophene rings is 1. The fraction of sp³-hybridized carbons (Fsp3) is 0.111. The molecule has 0 aliphatic rings. The largest absolute Gasteiger partial charge is 0.148 e. The summed E-state index contributed by atoms with van der Waals surface area (Å²) in [6.45, 7) is 2.18. The van der Waals surface area contributed by atoms with Crippen molar-refractivity contribution in [1.82, 2.24) is 0 Å². The number of benzene rings is 1. The Morgan fingerprint density at radius 3 is 2.91 bits per heavy atom. The Bertz CT molecular complexity index is 389. The maximum absolute atomic E-state index is 2.39. The second-order valence-corrected chi connectivity index (χ2v) is 4.74. The second-order valence-electron chi connectivity index (χ2n) is 2.50. The Balaban J connectivity index is 2.96. The molecule has 0 bridgehead atoms. The lowest BCUT2D eigenvalue weighted by molar-refractivity contribution is 1.66. The number of rotatable bonds is 0. The molecule has 1 aromatic heterocycles. The summed E-state index contributed by atoms with van der Waals surface area (Å²) < 4.78 is 1.36. The van der Waals surface area contributed by atoms with Gasteiger partial charge in [-0.2, -0.15) is 0 Å². The molecule has 0 fully saturated rings. The van der Waals surface area contributed by atoms with Crippen molar-refractivity contribution in [2.24, 2.45) is 0 Å². The van der Waals surface area contributed by atoms with Crippen LogP contribution in [0.5, 0.6) is 0 Å². The highest BCUT2D eigenvalue weighted by molar-refractivity contribution is 14.1. The molecule has 2 rings (SSSR count). The van der Waals surface area contributed by atoms with E-state index in [4.69, 9.17) is 0 Å². The third-order valence-electron chi connectivity index (χ3n) is 1.76. The van der Waals surface area contributed by atoms with Gasteiger partial charge in [-0.3, -0.25) is 0 Å². The molecule has 11 heavy (non-hydrogen) atoms. The number of hydrogen-bond donors (Lipinski definition) is 0. The van der Waals surface area contributed by atoms with Crippen molar-refractivity contribution < 1.29 is 0 Å². The van der Waals surface area contributed by atoms with Gasteiger partial charge in [-0.15, -0.1) is 11.3 Å². The van der Waals surface area contributed by atoms with E-state index in [-0.39, 0.29) is 0 Å². The molecule has 0 spiro atoms. The van der Waals surface area contributed by atoms with Crippen LogP contribution < -0.4 is 0 Å². The normalized spacial score (nSPS) is 10.7. The smallest absolute Gasteiger partial charge is 0.0219 e. The van der Waals surface area contributed by atoms with Crippen molar-refractivity contribution in [1.29, 1.82) is 0 Å². The molecule has 1 heterocycles. The number of hydrogen-bond acceptors (Lipinski definition) is 1. The Morgan fingerprint density at radius 1 is 1.36 bits per heavy atom. The predicted molar refractivity (Wildman–Crippen MR) is 59.3 cm³/mol. The predicted octanol–water partition coefficient (Wildman–Crippen LogP) is 3.81. The molecule has 0 atom stereocenters. The molecule has 2 heteroatoms. The first-order valence-electron chi connectivity index (χ1n) is 3.41. The van der Waals surface area contributed by atoms with E-state index in [9.17, 15) is 0 Å². The number of aryl methyl sites for hydroxylation is 1. The van der Waals surface area contributed by atoms with Gasteiger partial charge in [-0.25, -0.2) is 0 Å². The van der Waals surface area contributed by atoms with Gasteiger partial charge in [0.15, 0.2) is 0 Å². The average Bonchev–Trinajstić information content (AvgIpc) is 2.34. The monoisotopic (exact) mass is 274 g/mol. The summed E-state index contributed by atoms with van der Waals surface area (Å²) in [6.07, 6.45) is 0. The van der Waals surface area contributed by atoms with Crippen LogP contribution in [0.3, 0.4) is 0 Å². The summed E-state index contributed by atoms with van der Waals surface area (Å²) in [5.41, 5.74) is 0. The van der Waals surface area contributed by atoms with Gasteiger partial charge in [0.05, 0.1) is 0 Å². The van der Waals surface area contributed by atoms with E-state index in [1.165, 1.54) is 19.2 Å². The van der Waals surface area contributed by atoms with Crippen LogP contribution in [0.15, 0.2) is 23.6 Å². The Hall–Kier alpha value is -0.0900. The van der Waals surface area contributed by atoms with Crippen LogP contribution in [0.1, 0.15) is 4.88 Å². The van der Waals surface area contributed by atoms with Crippen LogP contribution in [0.4, 0.5) is 0 Å². The Labute approximate surface area is 83.4 Å². The molecule has 0 unspecified atom stereocenters. The van der Waals surface area contributed by atoms with Crippen molar-refractivity contribution in [3.8, 4) is 0 Å². The molecule has 2 aromatic rings. The quantitative estimate of drug-likeness (QED) is 0.641. The molecule has 1 aromatic carbocycles. The van der Waals surface area contributed by atoms with Crippen LogP contribution in [-0.4, -0.2) is 0 Å². The van der Waals surface area contributed by atoms with E-state index in [2.05, 4.69) is 53.1 Å². The summed E-state index contributed by atoms with van der Waals surface area (Å²) in [5.74, 6) is 0. The third kappa shape index (κ3) is 1.18. The lowest BCUT2D eigenvalue weighted by Crippen LogP contribution is -1.72. The van der Waals surface area contributed by atoms with Gasteiger partial charge in [0.25, 0.3) is 0 Å². The summed E-state index contributed by atoms with van der Waals surface area (Å²) in [5, 5.41) is 5.02. The van der Waals surface area contributed by atoms with Crippen molar-refractivity contribution in [3.63, 3.8) is 0 Å². The Morgan fingerprint density at radius 2 is 2.18 bits per heavy atom. The standard InChI is InChI=1S/C9H7IS/c1-6-9-7(5-11-6)3-2-4-8(9)10/h2-5H,1H3. The maximum Gasteiger partial charge on any atom is 0.0219 e. The maximum atomic E-state index is 2.39. The highest BCUT2D eigenvalue weighted by atomic mass is 127. The lowest BCUT2D eigenvalue weighted by atomic mass is 10.2. The average molecular weight is 274 g/mol. The molecule has 0 radical (unpaired) electrons. The zero-order chi connectivity index (χ0) is 7.84. The summed E-state index contributed by atoms with van der Waals surface area (Å²) in [7, 11) is 0. The molecule has 0 aliphatic heterocycles. The number of fused-ring (bicyclic) bond motifs is 1. The van der Waals surface area contributed by atoms with Crippen LogP contribution in [0.2, 0.25) is 0 Å². The highest BCUT2D eigenvalue weighted by Crippen LogP contribution is 2.28. The van der Waals surface area contributed by atoms with Crippen molar-refractivity contribution in [2.45, 2.75) is 6.92 Å². The fourth-order valence-electron chi connectivity index (χ4n) is 1.22. The van der Waals surface area contributed by atoms with E-state index < -0.39 is 0 Å². The van der Waals surface area contributed by atoms with Gasteiger partial charge in [0.1, 0.15) is 0 Å². The molecular formula is C9H7IS. The molecule has 56 valence electrons. The number of halogens is 1. The van der Waals surface area contributed by atoms with E-state index in [0.29, 0.717) is 0 Å². The molecule has 0 N–H and O–H groups in total. The molecule has 0 nitrogen and oxygen atoms in total. The SMILES string of the molecule is Cc1scc2cccc(I)c12. The van der Waals surface area contributed by atoms with Crippen molar-refractivity contribution in [3.05, 3.63) is 32.0 Å².